The second-order valence-electron chi connectivity index (χ2n) is 9.46. The van der Waals surface area contributed by atoms with Crippen LogP contribution in [0, 0.1) is 11.8 Å². The first-order valence-electron chi connectivity index (χ1n) is 11.2. The Morgan fingerprint density at radius 3 is 2.34 bits per heavy atom. The van der Waals surface area contributed by atoms with E-state index in [1.165, 1.54) is 56.8 Å². The molecule has 0 spiro atoms. The number of hydrogen-bond donors (Lipinski definition) is 1. The zero-order valence-corrected chi connectivity index (χ0v) is 17.3. The maximum absolute atomic E-state index is 11.5. The lowest BCUT2D eigenvalue weighted by Gasteiger charge is -2.32. The van der Waals surface area contributed by atoms with E-state index in [4.69, 9.17) is 9.47 Å². The predicted octanol–water partition coefficient (Wildman–Crippen LogP) is 5.92. The number of carbonyl (C=O) groups is 1. The van der Waals surface area contributed by atoms with Crippen LogP contribution >= 0.6 is 0 Å². The molecule has 4 nitrogen and oxygen atoms in total. The van der Waals surface area contributed by atoms with Gasteiger partial charge in [-0.2, -0.15) is 0 Å². The summed E-state index contributed by atoms with van der Waals surface area (Å²) in [4.78, 5) is 11.5. The smallest absolute Gasteiger partial charge is 0.408 e. The fourth-order valence-corrected chi connectivity index (χ4v) is 5.60. The minimum absolute atomic E-state index is 0.348. The molecule has 2 aromatic rings. The molecule has 1 heterocycles. The fourth-order valence-electron chi connectivity index (χ4n) is 5.60. The largest absolute Gasteiger partial charge is 0.490 e. The molecule has 2 aliphatic carbocycles. The standard InChI is InChI=1S/C25H31NO3/c1-25(16-28-24(27)26-25)21-10-6-20-15-23(13-9-19(20)14-21)29-22-11-7-18(8-12-22)17-4-2-3-5-17/h6,9-10,13-15,17-18,22H,2-5,7-8,11-12,16H2,1H3,(H,26,27)/t18-,22+,25-/m0/s1. The minimum Gasteiger partial charge on any atom is -0.490 e. The van der Waals surface area contributed by atoms with E-state index < -0.39 is 5.54 Å². The highest BCUT2D eigenvalue weighted by Crippen LogP contribution is 2.40. The lowest BCUT2D eigenvalue weighted by Crippen LogP contribution is -2.37. The van der Waals surface area contributed by atoms with Gasteiger partial charge < -0.3 is 14.8 Å². The summed E-state index contributed by atoms with van der Waals surface area (Å²) in [6.45, 7) is 2.36. The van der Waals surface area contributed by atoms with E-state index >= 15 is 0 Å². The van der Waals surface area contributed by atoms with Crippen molar-refractivity contribution in [1.82, 2.24) is 5.32 Å². The van der Waals surface area contributed by atoms with Crippen LogP contribution < -0.4 is 10.1 Å². The highest BCUT2D eigenvalue weighted by molar-refractivity contribution is 5.85. The van der Waals surface area contributed by atoms with Gasteiger partial charge in [0.1, 0.15) is 12.4 Å². The number of amides is 1. The molecular weight excluding hydrogens is 362 g/mol. The zero-order chi connectivity index (χ0) is 19.8. The van der Waals surface area contributed by atoms with E-state index in [0.29, 0.717) is 12.7 Å². The second-order valence-corrected chi connectivity index (χ2v) is 9.46. The van der Waals surface area contributed by atoms with Gasteiger partial charge in [-0.25, -0.2) is 4.79 Å². The van der Waals surface area contributed by atoms with Crippen LogP contribution in [0.4, 0.5) is 4.79 Å². The molecule has 0 unspecified atom stereocenters. The van der Waals surface area contributed by atoms with Gasteiger partial charge in [0.15, 0.2) is 0 Å². The van der Waals surface area contributed by atoms with Crippen LogP contribution in [-0.4, -0.2) is 18.8 Å². The first-order valence-corrected chi connectivity index (χ1v) is 11.2. The maximum atomic E-state index is 11.5. The number of benzene rings is 2. The van der Waals surface area contributed by atoms with Crippen LogP contribution in [0.2, 0.25) is 0 Å². The number of carbonyl (C=O) groups excluding carboxylic acids is 1. The summed E-state index contributed by atoms with van der Waals surface area (Å²) >= 11 is 0. The molecule has 154 valence electrons. The summed E-state index contributed by atoms with van der Waals surface area (Å²) in [6, 6.07) is 12.7. The van der Waals surface area contributed by atoms with E-state index in [-0.39, 0.29) is 6.09 Å². The van der Waals surface area contributed by atoms with Crippen molar-refractivity contribution in [3.63, 3.8) is 0 Å². The highest BCUT2D eigenvalue weighted by Gasteiger charge is 2.36. The average molecular weight is 394 g/mol. The average Bonchev–Trinajstić information content (AvgIpc) is 3.39. The van der Waals surface area contributed by atoms with Crippen molar-refractivity contribution in [3.8, 4) is 5.75 Å². The maximum Gasteiger partial charge on any atom is 0.408 e. The molecule has 1 atom stereocenters. The van der Waals surface area contributed by atoms with Crippen molar-refractivity contribution >= 4 is 16.9 Å². The first-order chi connectivity index (χ1) is 14.1. The van der Waals surface area contributed by atoms with Gasteiger partial charge in [0.05, 0.1) is 11.6 Å². The molecule has 2 saturated carbocycles. The third-order valence-corrected chi connectivity index (χ3v) is 7.41. The summed E-state index contributed by atoms with van der Waals surface area (Å²) in [5.74, 6) is 2.90. The topological polar surface area (TPSA) is 47.6 Å². The summed E-state index contributed by atoms with van der Waals surface area (Å²) in [6.07, 6.45) is 10.9. The van der Waals surface area contributed by atoms with Gasteiger partial charge in [-0.1, -0.05) is 43.9 Å². The summed E-state index contributed by atoms with van der Waals surface area (Å²) in [5, 5.41) is 5.24. The van der Waals surface area contributed by atoms with Crippen molar-refractivity contribution in [1.29, 1.82) is 0 Å². The Labute approximate surface area is 173 Å². The van der Waals surface area contributed by atoms with Crippen molar-refractivity contribution in [3.05, 3.63) is 42.0 Å². The van der Waals surface area contributed by atoms with Gasteiger partial charge in [-0.15, -0.1) is 0 Å². The molecule has 4 heteroatoms. The van der Waals surface area contributed by atoms with Gasteiger partial charge in [0.25, 0.3) is 0 Å². The van der Waals surface area contributed by atoms with E-state index in [1.54, 1.807) is 0 Å². The Balaban J connectivity index is 1.25. The molecule has 0 aromatic heterocycles. The molecule has 1 saturated heterocycles. The molecule has 29 heavy (non-hydrogen) atoms. The Morgan fingerprint density at radius 2 is 1.62 bits per heavy atom. The van der Waals surface area contributed by atoms with Gasteiger partial charge in [-0.3, -0.25) is 0 Å². The number of rotatable bonds is 4. The number of alkyl carbamates (subject to hydrolysis) is 1. The van der Waals surface area contributed by atoms with Crippen LogP contribution in [0.3, 0.4) is 0 Å². The Bertz CT molecular complexity index is 896. The first kappa shape index (κ1) is 18.8. The van der Waals surface area contributed by atoms with Crippen molar-refractivity contribution in [2.24, 2.45) is 11.8 Å². The Morgan fingerprint density at radius 1 is 0.931 bits per heavy atom. The van der Waals surface area contributed by atoms with Crippen molar-refractivity contribution < 1.29 is 14.3 Å². The summed E-state index contributed by atoms with van der Waals surface area (Å²) in [7, 11) is 0. The molecule has 0 bridgehead atoms. The molecule has 1 amide bonds. The van der Waals surface area contributed by atoms with Crippen LogP contribution in [0.1, 0.15) is 63.9 Å². The number of nitrogens with one attached hydrogen (secondary N) is 1. The molecule has 1 aliphatic heterocycles. The molecular formula is C25H31NO3. The third-order valence-electron chi connectivity index (χ3n) is 7.41. The lowest BCUT2D eigenvalue weighted by molar-refractivity contribution is 0.111. The van der Waals surface area contributed by atoms with Crippen LogP contribution in [-0.2, 0) is 10.3 Å². The minimum atomic E-state index is -0.460. The van der Waals surface area contributed by atoms with Crippen LogP contribution in [0.25, 0.3) is 10.8 Å². The predicted molar refractivity (Wildman–Crippen MR) is 114 cm³/mol. The third kappa shape index (κ3) is 3.82. The summed E-state index contributed by atoms with van der Waals surface area (Å²) < 4.78 is 11.5. The fraction of sp³-hybridized carbons (Fsp3) is 0.560. The molecule has 0 radical (unpaired) electrons. The van der Waals surface area contributed by atoms with E-state index in [9.17, 15) is 4.79 Å². The van der Waals surface area contributed by atoms with Gasteiger partial charge >= 0.3 is 6.09 Å². The molecule has 2 aromatic carbocycles. The highest BCUT2D eigenvalue weighted by atomic mass is 16.6. The molecule has 3 fully saturated rings. The lowest BCUT2D eigenvalue weighted by atomic mass is 9.78. The zero-order valence-electron chi connectivity index (χ0n) is 17.3. The van der Waals surface area contributed by atoms with Gasteiger partial charge in [0.2, 0.25) is 0 Å². The van der Waals surface area contributed by atoms with Crippen molar-refractivity contribution in [2.45, 2.75) is 69.9 Å². The molecule has 5 rings (SSSR count). The SMILES string of the molecule is C[C@@]1(c2ccc3cc(O[C@H]4CC[C@@H](C5CCCC5)CC4)ccc3c2)COC(=O)N1. The number of fused-ring (bicyclic) bond motifs is 1. The van der Waals surface area contributed by atoms with E-state index in [2.05, 4.69) is 41.7 Å². The van der Waals surface area contributed by atoms with E-state index in [1.807, 2.05) is 6.92 Å². The Kier molecular flexibility index (Phi) is 4.89. The summed E-state index contributed by atoms with van der Waals surface area (Å²) in [5.41, 5.74) is 0.605. The molecule has 1 N–H and O–H groups in total. The van der Waals surface area contributed by atoms with Crippen LogP contribution in [0.5, 0.6) is 5.75 Å². The van der Waals surface area contributed by atoms with Crippen LogP contribution in [0.15, 0.2) is 36.4 Å². The second kappa shape index (κ2) is 7.55. The molecule has 3 aliphatic rings. The van der Waals surface area contributed by atoms with Gasteiger partial charge in [0, 0.05) is 0 Å². The van der Waals surface area contributed by atoms with Crippen molar-refractivity contribution in [2.75, 3.05) is 6.61 Å². The number of hydrogen-bond acceptors (Lipinski definition) is 3. The quantitative estimate of drug-likeness (QED) is 0.701. The van der Waals surface area contributed by atoms with Gasteiger partial charge in [-0.05, 0) is 79.0 Å². The normalized spacial score (nSPS) is 30.3. The Hall–Kier alpha value is -2.23. The monoisotopic (exact) mass is 393 g/mol. The number of cyclic esters (lactones) is 1. The van der Waals surface area contributed by atoms with E-state index in [0.717, 1.165) is 28.5 Å². The number of ether oxygens (including phenoxy) is 2.